The van der Waals surface area contributed by atoms with Crippen molar-refractivity contribution in [3.8, 4) is 0 Å². The summed E-state index contributed by atoms with van der Waals surface area (Å²) in [4.78, 5) is 2.27. The van der Waals surface area contributed by atoms with Gasteiger partial charge >= 0.3 is 0 Å². The van der Waals surface area contributed by atoms with Gasteiger partial charge in [-0.1, -0.05) is 40.2 Å². The number of hydrogen-bond acceptors (Lipinski definition) is 2. The summed E-state index contributed by atoms with van der Waals surface area (Å²) in [5.41, 5.74) is 9.44. The lowest BCUT2D eigenvalue weighted by atomic mass is 10.1. The first-order valence-corrected chi connectivity index (χ1v) is 7.30. The predicted molar refractivity (Wildman–Crippen MR) is 85.9 cm³/mol. The van der Waals surface area contributed by atoms with E-state index >= 15 is 0 Å². The molecule has 0 aliphatic rings. The average molecular weight is 319 g/mol. The summed E-state index contributed by atoms with van der Waals surface area (Å²) >= 11 is 3.61. The largest absolute Gasteiger partial charge is 0.342 e. The highest BCUT2D eigenvalue weighted by Gasteiger charge is 2.10. The molecule has 0 saturated carbocycles. The number of halogens is 1. The Hall–Kier alpha value is -1.32. The summed E-state index contributed by atoms with van der Waals surface area (Å²) in [6.07, 6.45) is 0. The number of hydrogen-bond donors (Lipinski definition) is 1. The molecule has 0 saturated heterocycles. The summed E-state index contributed by atoms with van der Waals surface area (Å²) < 4.78 is 1.06. The maximum Gasteiger partial charge on any atom is 0.0422 e. The third-order valence-corrected chi connectivity index (χ3v) is 3.86. The molecule has 0 aromatic heterocycles. The third-order valence-electron chi connectivity index (χ3n) is 3.17. The van der Waals surface area contributed by atoms with Gasteiger partial charge in [0, 0.05) is 28.4 Å². The molecule has 0 spiro atoms. The van der Waals surface area contributed by atoms with Gasteiger partial charge in [0.25, 0.3) is 0 Å². The van der Waals surface area contributed by atoms with E-state index in [0.29, 0.717) is 0 Å². The molecule has 0 amide bonds. The van der Waals surface area contributed by atoms with Gasteiger partial charge in [-0.2, -0.15) is 0 Å². The standard InChI is InChI=1S/C16H19BrN2/c1-3-19(13-7-5-4-6-8-13)14-9-10-15(12(2)18)16(17)11-14/h4-12H,3,18H2,1-2H3. The fraction of sp³-hybridized carbons (Fsp3) is 0.250. The SMILES string of the molecule is CCN(c1ccccc1)c1ccc(C(C)N)c(Br)c1. The van der Waals surface area contributed by atoms with Crippen molar-refractivity contribution in [1.29, 1.82) is 0 Å². The van der Waals surface area contributed by atoms with Crippen LogP contribution in [0.4, 0.5) is 11.4 Å². The molecule has 19 heavy (non-hydrogen) atoms. The molecule has 2 rings (SSSR count). The molecule has 0 fully saturated rings. The molecular weight excluding hydrogens is 300 g/mol. The van der Waals surface area contributed by atoms with Gasteiger partial charge in [-0.05, 0) is 43.7 Å². The Balaban J connectivity index is 2.37. The van der Waals surface area contributed by atoms with E-state index < -0.39 is 0 Å². The average Bonchev–Trinajstić information content (AvgIpc) is 2.40. The fourth-order valence-corrected chi connectivity index (χ4v) is 2.90. The zero-order valence-corrected chi connectivity index (χ0v) is 12.9. The first-order valence-electron chi connectivity index (χ1n) is 6.51. The summed E-state index contributed by atoms with van der Waals surface area (Å²) in [6.45, 7) is 5.07. The Labute approximate surface area is 123 Å². The van der Waals surface area contributed by atoms with Gasteiger partial charge in [-0.15, -0.1) is 0 Å². The van der Waals surface area contributed by atoms with Crippen LogP contribution >= 0.6 is 15.9 Å². The molecule has 1 atom stereocenters. The van der Waals surface area contributed by atoms with Crippen molar-refractivity contribution in [2.75, 3.05) is 11.4 Å². The summed E-state index contributed by atoms with van der Waals surface area (Å²) in [6, 6.07) is 16.8. The van der Waals surface area contributed by atoms with Gasteiger partial charge in [0.1, 0.15) is 0 Å². The number of rotatable bonds is 4. The summed E-state index contributed by atoms with van der Waals surface area (Å²) in [5.74, 6) is 0. The lowest BCUT2D eigenvalue weighted by molar-refractivity contribution is 0.813. The molecule has 0 aliphatic carbocycles. The second-order valence-corrected chi connectivity index (χ2v) is 5.43. The minimum Gasteiger partial charge on any atom is -0.342 e. The van der Waals surface area contributed by atoms with Crippen molar-refractivity contribution in [2.24, 2.45) is 5.73 Å². The Morgan fingerprint density at radius 2 is 1.79 bits per heavy atom. The summed E-state index contributed by atoms with van der Waals surface area (Å²) in [5, 5.41) is 0. The van der Waals surface area contributed by atoms with Crippen LogP contribution in [-0.2, 0) is 0 Å². The molecular formula is C16H19BrN2. The van der Waals surface area contributed by atoms with E-state index in [1.165, 1.54) is 11.4 Å². The first-order chi connectivity index (χ1) is 9.13. The van der Waals surface area contributed by atoms with Gasteiger partial charge in [0.05, 0.1) is 0 Å². The molecule has 0 aliphatic heterocycles. The highest BCUT2D eigenvalue weighted by atomic mass is 79.9. The number of anilines is 2. The van der Waals surface area contributed by atoms with E-state index in [-0.39, 0.29) is 6.04 Å². The highest BCUT2D eigenvalue weighted by molar-refractivity contribution is 9.10. The van der Waals surface area contributed by atoms with Crippen LogP contribution in [0.5, 0.6) is 0 Å². The zero-order valence-electron chi connectivity index (χ0n) is 11.3. The van der Waals surface area contributed by atoms with Crippen LogP contribution in [0.1, 0.15) is 25.5 Å². The monoisotopic (exact) mass is 318 g/mol. The van der Waals surface area contributed by atoms with Crippen LogP contribution in [0.15, 0.2) is 53.0 Å². The fourth-order valence-electron chi connectivity index (χ4n) is 2.18. The van der Waals surface area contributed by atoms with E-state index in [4.69, 9.17) is 5.73 Å². The van der Waals surface area contributed by atoms with Crippen LogP contribution in [0, 0.1) is 0 Å². The van der Waals surface area contributed by atoms with Gasteiger partial charge in [-0.25, -0.2) is 0 Å². The summed E-state index contributed by atoms with van der Waals surface area (Å²) in [7, 11) is 0. The normalized spacial score (nSPS) is 12.2. The molecule has 0 radical (unpaired) electrons. The van der Waals surface area contributed by atoms with Gasteiger partial charge in [-0.3, -0.25) is 0 Å². The van der Waals surface area contributed by atoms with E-state index in [2.05, 4.69) is 70.2 Å². The maximum absolute atomic E-state index is 5.94. The molecule has 0 heterocycles. The molecule has 2 aromatic carbocycles. The number of benzene rings is 2. The topological polar surface area (TPSA) is 29.3 Å². The molecule has 2 nitrogen and oxygen atoms in total. The van der Waals surface area contributed by atoms with Gasteiger partial charge in [0.15, 0.2) is 0 Å². The Morgan fingerprint density at radius 1 is 1.11 bits per heavy atom. The maximum atomic E-state index is 5.94. The first kappa shape index (κ1) is 14.1. The molecule has 100 valence electrons. The van der Waals surface area contributed by atoms with Crippen molar-refractivity contribution in [3.05, 3.63) is 58.6 Å². The van der Waals surface area contributed by atoms with Crippen LogP contribution in [0.3, 0.4) is 0 Å². The van der Waals surface area contributed by atoms with Gasteiger partial charge in [0.2, 0.25) is 0 Å². The minimum atomic E-state index is 0.0372. The highest BCUT2D eigenvalue weighted by Crippen LogP contribution is 2.31. The quantitative estimate of drug-likeness (QED) is 0.890. The van der Waals surface area contributed by atoms with Crippen molar-refractivity contribution >= 4 is 27.3 Å². The Kier molecular flexibility index (Phi) is 4.61. The lowest BCUT2D eigenvalue weighted by Gasteiger charge is -2.24. The Morgan fingerprint density at radius 3 is 2.32 bits per heavy atom. The van der Waals surface area contributed by atoms with Crippen LogP contribution < -0.4 is 10.6 Å². The van der Waals surface area contributed by atoms with Gasteiger partial charge < -0.3 is 10.6 Å². The second-order valence-electron chi connectivity index (χ2n) is 4.57. The molecule has 2 aromatic rings. The number of nitrogens with two attached hydrogens (primary N) is 1. The molecule has 0 bridgehead atoms. The Bertz CT molecular complexity index is 538. The second kappa shape index (κ2) is 6.22. The van der Waals surface area contributed by atoms with E-state index in [1.54, 1.807) is 0 Å². The van der Waals surface area contributed by atoms with Crippen molar-refractivity contribution < 1.29 is 0 Å². The van der Waals surface area contributed by atoms with Crippen molar-refractivity contribution in [1.82, 2.24) is 0 Å². The molecule has 2 N–H and O–H groups in total. The molecule has 1 unspecified atom stereocenters. The minimum absolute atomic E-state index is 0.0372. The number of nitrogens with zero attached hydrogens (tertiary/aromatic N) is 1. The smallest absolute Gasteiger partial charge is 0.0422 e. The van der Waals surface area contributed by atoms with Crippen molar-refractivity contribution in [3.63, 3.8) is 0 Å². The van der Waals surface area contributed by atoms with Crippen LogP contribution in [0.2, 0.25) is 0 Å². The predicted octanol–water partition coefficient (Wildman–Crippen LogP) is 4.63. The van der Waals surface area contributed by atoms with Crippen molar-refractivity contribution in [2.45, 2.75) is 19.9 Å². The van der Waals surface area contributed by atoms with Crippen LogP contribution in [0.25, 0.3) is 0 Å². The molecule has 3 heteroatoms. The third kappa shape index (κ3) is 3.17. The number of para-hydroxylation sites is 1. The lowest BCUT2D eigenvalue weighted by Crippen LogP contribution is -2.16. The van der Waals surface area contributed by atoms with Crippen LogP contribution in [-0.4, -0.2) is 6.54 Å². The van der Waals surface area contributed by atoms with E-state index in [9.17, 15) is 0 Å². The van der Waals surface area contributed by atoms with E-state index in [0.717, 1.165) is 16.6 Å². The zero-order chi connectivity index (χ0) is 13.8. The van der Waals surface area contributed by atoms with E-state index in [1.807, 2.05) is 13.0 Å².